The summed E-state index contributed by atoms with van der Waals surface area (Å²) in [5.74, 6) is 0.903. The largest absolute Gasteiger partial charge is 0.494 e. The van der Waals surface area contributed by atoms with Gasteiger partial charge in [0, 0.05) is 11.3 Å². The van der Waals surface area contributed by atoms with Gasteiger partial charge in [0.1, 0.15) is 11.5 Å². The summed E-state index contributed by atoms with van der Waals surface area (Å²) in [5, 5.41) is 2.86. The van der Waals surface area contributed by atoms with E-state index >= 15 is 0 Å². The van der Waals surface area contributed by atoms with Crippen molar-refractivity contribution in [3.05, 3.63) is 83.9 Å². The summed E-state index contributed by atoms with van der Waals surface area (Å²) in [6.07, 6.45) is 0. The predicted octanol–water partition coefficient (Wildman–Crippen LogP) is 4.26. The van der Waals surface area contributed by atoms with Crippen molar-refractivity contribution in [3.8, 4) is 11.5 Å². The molecule has 0 aliphatic carbocycles. The average Bonchev–Trinajstić information content (AvgIpc) is 2.77. The van der Waals surface area contributed by atoms with Gasteiger partial charge in [0.2, 0.25) is 0 Å². The normalized spacial score (nSPS) is 12.7. The van der Waals surface area contributed by atoms with E-state index in [0.717, 1.165) is 11.3 Å². The van der Waals surface area contributed by atoms with Gasteiger partial charge in [-0.25, -0.2) is 0 Å². The van der Waals surface area contributed by atoms with Crippen molar-refractivity contribution in [2.75, 3.05) is 23.4 Å². The number of anilines is 2. The zero-order valence-electron chi connectivity index (χ0n) is 16.6. The first-order valence-corrected chi connectivity index (χ1v) is 9.79. The molecule has 0 spiro atoms. The van der Waals surface area contributed by atoms with E-state index in [1.807, 2.05) is 49.4 Å². The van der Waals surface area contributed by atoms with Gasteiger partial charge in [-0.15, -0.1) is 0 Å². The number of amides is 2. The molecule has 1 aliphatic heterocycles. The van der Waals surface area contributed by atoms with E-state index in [0.29, 0.717) is 35.8 Å². The van der Waals surface area contributed by atoms with Crippen LogP contribution in [0.25, 0.3) is 0 Å². The smallest absolute Gasteiger partial charge is 0.265 e. The van der Waals surface area contributed by atoms with Crippen LogP contribution in [0.5, 0.6) is 11.5 Å². The number of carbonyl (C=O) groups excluding carboxylic acids is 2. The lowest BCUT2D eigenvalue weighted by Gasteiger charge is -2.29. The molecule has 6 nitrogen and oxygen atoms in total. The number of benzene rings is 3. The molecule has 0 saturated heterocycles. The van der Waals surface area contributed by atoms with Gasteiger partial charge in [-0.05, 0) is 55.0 Å². The van der Waals surface area contributed by atoms with Gasteiger partial charge >= 0.3 is 0 Å². The fourth-order valence-electron chi connectivity index (χ4n) is 3.29. The maximum Gasteiger partial charge on any atom is 0.265 e. The molecule has 3 aromatic rings. The lowest BCUT2D eigenvalue weighted by atomic mass is 10.1. The maximum atomic E-state index is 12.7. The third kappa shape index (κ3) is 4.27. The summed E-state index contributed by atoms with van der Waals surface area (Å²) in [5.41, 5.74) is 2.81. The van der Waals surface area contributed by atoms with Gasteiger partial charge in [0.05, 0.1) is 18.8 Å². The van der Waals surface area contributed by atoms with Gasteiger partial charge in [0.15, 0.2) is 6.61 Å². The minimum absolute atomic E-state index is 0.0518. The Kier molecular flexibility index (Phi) is 5.66. The van der Waals surface area contributed by atoms with E-state index in [1.165, 1.54) is 0 Å². The highest BCUT2D eigenvalue weighted by Crippen LogP contribution is 2.34. The molecule has 0 radical (unpaired) electrons. The number of ether oxygens (including phenoxy) is 2. The number of rotatable bonds is 6. The minimum Gasteiger partial charge on any atom is -0.494 e. The molecule has 6 heteroatoms. The number of carbonyl (C=O) groups is 2. The second kappa shape index (κ2) is 8.69. The fourth-order valence-corrected chi connectivity index (χ4v) is 3.29. The van der Waals surface area contributed by atoms with Crippen molar-refractivity contribution in [1.82, 2.24) is 0 Å². The second-order valence-electron chi connectivity index (χ2n) is 6.85. The Morgan fingerprint density at radius 1 is 1.07 bits per heavy atom. The van der Waals surface area contributed by atoms with Gasteiger partial charge in [-0.3, -0.25) is 9.59 Å². The van der Waals surface area contributed by atoms with Crippen LogP contribution in [0.4, 0.5) is 11.4 Å². The molecule has 3 aromatic carbocycles. The van der Waals surface area contributed by atoms with Crippen LogP contribution in [0.3, 0.4) is 0 Å². The first-order chi connectivity index (χ1) is 14.6. The molecule has 0 bridgehead atoms. The SMILES string of the molecule is CCOc1ccc(NC(=O)c2ccc3c(c2)OCC(=O)N3Cc2ccccc2)cc1. The van der Waals surface area contributed by atoms with Crippen molar-refractivity contribution < 1.29 is 19.1 Å². The zero-order valence-corrected chi connectivity index (χ0v) is 16.6. The summed E-state index contributed by atoms with van der Waals surface area (Å²) in [7, 11) is 0. The highest BCUT2D eigenvalue weighted by atomic mass is 16.5. The van der Waals surface area contributed by atoms with Gasteiger partial charge in [0.25, 0.3) is 11.8 Å². The summed E-state index contributed by atoms with van der Waals surface area (Å²) in [6, 6.07) is 22.1. The topological polar surface area (TPSA) is 67.9 Å². The number of nitrogens with zero attached hydrogens (tertiary/aromatic N) is 1. The number of hydrogen-bond donors (Lipinski definition) is 1. The Morgan fingerprint density at radius 2 is 1.83 bits per heavy atom. The Labute approximate surface area is 175 Å². The van der Waals surface area contributed by atoms with Crippen LogP contribution >= 0.6 is 0 Å². The summed E-state index contributed by atoms with van der Waals surface area (Å²) >= 11 is 0. The van der Waals surface area contributed by atoms with Crippen molar-refractivity contribution >= 4 is 23.2 Å². The maximum absolute atomic E-state index is 12.7. The standard InChI is InChI=1S/C24H22N2O4/c1-2-29-20-11-9-19(10-12-20)25-24(28)18-8-13-21-22(14-18)30-16-23(27)26(21)15-17-6-4-3-5-7-17/h3-14H,2,15-16H2,1H3,(H,25,28). The summed E-state index contributed by atoms with van der Waals surface area (Å²) < 4.78 is 11.0. The van der Waals surface area contributed by atoms with E-state index in [4.69, 9.17) is 9.47 Å². The van der Waals surface area contributed by atoms with Gasteiger partial charge in [-0.1, -0.05) is 30.3 Å². The van der Waals surface area contributed by atoms with Crippen LogP contribution in [0.15, 0.2) is 72.8 Å². The van der Waals surface area contributed by atoms with Gasteiger partial charge in [-0.2, -0.15) is 0 Å². The molecule has 0 unspecified atom stereocenters. The molecule has 0 atom stereocenters. The summed E-state index contributed by atoms with van der Waals surface area (Å²) in [6.45, 7) is 2.91. The van der Waals surface area contributed by atoms with Crippen molar-refractivity contribution in [2.24, 2.45) is 0 Å². The molecule has 0 fully saturated rings. The molecule has 1 aliphatic rings. The first-order valence-electron chi connectivity index (χ1n) is 9.79. The monoisotopic (exact) mass is 402 g/mol. The quantitative estimate of drug-likeness (QED) is 0.669. The molecular weight excluding hydrogens is 380 g/mol. The summed E-state index contributed by atoms with van der Waals surface area (Å²) in [4.78, 5) is 26.8. The van der Waals surface area contributed by atoms with Crippen molar-refractivity contribution in [2.45, 2.75) is 13.5 Å². The lowest BCUT2D eigenvalue weighted by molar-refractivity contribution is -0.121. The number of hydrogen-bond acceptors (Lipinski definition) is 4. The Hall–Kier alpha value is -3.80. The minimum atomic E-state index is -0.253. The van der Waals surface area contributed by atoms with Crippen LogP contribution in [-0.4, -0.2) is 25.0 Å². The van der Waals surface area contributed by atoms with Crippen molar-refractivity contribution in [3.63, 3.8) is 0 Å². The van der Waals surface area contributed by atoms with Crippen LogP contribution in [0.2, 0.25) is 0 Å². The van der Waals surface area contributed by atoms with Crippen molar-refractivity contribution in [1.29, 1.82) is 0 Å². The third-order valence-electron chi connectivity index (χ3n) is 4.77. The molecule has 4 rings (SSSR count). The van der Waals surface area contributed by atoms with E-state index in [2.05, 4.69) is 5.32 Å². The van der Waals surface area contributed by atoms with Crippen LogP contribution in [-0.2, 0) is 11.3 Å². The first kappa shape index (κ1) is 19.5. The Bertz CT molecular complexity index is 1050. The number of nitrogens with one attached hydrogen (secondary N) is 1. The van der Waals surface area contributed by atoms with E-state index < -0.39 is 0 Å². The molecule has 2 amide bonds. The average molecular weight is 402 g/mol. The van der Waals surface area contributed by atoms with Crippen LogP contribution in [0, 0.1) is 0 Å². The van der Waals surface area contributed by atoms with E-state index in [9.17, 15) is 9.59 Å². The number of fused-ring (bicyclic) bond motifs is 1. The Morgan fingerprint density at radius 3 is 2.57 bits per heavy atom. The molecule has 30 heavy (non-hydrogen) atoms. The van der Waals surface area contributed by atoms with E-state index in [1.54, 1.807) is 35.2 Å². The predicted molar refractivity (Wildman–Crippen MR) is 115 cm³/mol. The molecular formula is C24H22N2O4. The van der Waals surface area contributed by atoms with E-state index in [-0.39, 0.29) is 18.4 Å². The Balaban J connectivity index is 1.51. The fraction of sp³-hybridized carbons (Fsp3) is 0.167. The van der Waals surface area contributed by atoms with Gasteiger partial charge < -0.3 is 19.7 Å². The third-order valence-corrected chi connectivity index (χ3v) is 4.77. The molecule has 152 valence electrons. The van der Waals surface area contributed by atoms with Crippen LogP contribution < -0.4 is 19.7 Å². The highest BCUT2D eigenvalue weighted by molar-refractivity contribution is 6.06. The second-order valence-corrected chi connectivity index (χ2v) is 6.85. The molecule has 1 heterocycles. The molecule has 0 saturated carbocycles. The molecule has 0 aromatic heterocycles. The molecule has 1 N–H and O–H groups in total. The van der Waals surface area contributed by atoms with Crippen LogP contribution in [0.1, 0.15) is 22.8 Å². The zero-order chi connectivity index (χ0) is 20.9. The lowest BCUT2D eigenvalue weighted by Crippen LogP contribution is -2.38. The highest BCUT2D eigenvalue weighted by Gasteiger charge is 2.26.